The molecular weight excluding hydrogens is 210 g/mol. The smallest absolute Gasteiger partial charge is 0.160 e. The topological polar surface area (TPSA) is 12.4 Å². The van der Waals surface area contributed by atoms with Crippen LogP contribution in [0.4, 0.5) is 0 Å². The normalized spacial score (nSPS) is 16.1. The van der Waals surface area contributed by atoms with Gasteiger partial charge in [0, 0.05) is 11.5 Å². The Labute approximate surface area is 96.8 Å². The molecule has 0 fully saturated rings. The highest BCUT2D eigenvalue weighted by Crippen LogP contribution is 2.18. The van der Waals surface area contributed by atoms with Crippen LogP contribution in [0.2, 0.25) is 0 Å². The third kappa shape index (κ3) is 5.11. The minimum absolute atomic E-state index is 0.839. The molecule has 0 spiro atoms. The van der Waals surface area contributed by atoms with Crippen molar-refractivity contribution >= 4 is 34.0 Å². The Kier molecular flexibility index (Phi) is 6.45. The van der Waals surface area contributed by atoms with E-state index in [2.05, 4.69) is 11.9 Å². The molecule has 1 heterocycles. The third-order valence-corrected chi connectivity index (χ3v) is 3.69. The number of aliphatic imine (C=N–C) groups is 1. The third-order valence-electron chi connectivity index (χ3n) is 2.43. The highest BCUT2D eigenvalue weighted by atomic mass is 32.2. The largest absolute Gasteiger partial charge is 0.238 e. The van der Waals surface area contributed by atoms with Crippen molar-refractivity contribution in [2.45, 2.75) is 51.9 Å². The van der Waals surface area contributed by atoms with Crippen LogP contribution >= 0.6 is 24.0 Å². The fourth-order valence-corrected chi connectivity index (χ4v) is 2.57. The van der Waals surface area contributed by atoms with E-state index in [1.807, 2.05) is 0 Å². The summed E-state index contributed by atoms with van der Waals surface area (Å²) in [5, 5.41) is 0. The fraction of sp³-hybridized carbons (Fsp3) is 0.818. The van der Waals surface area contributed by atoms with E-state index in [1.165, 1.54) is 50.7 Å². The van der Waals surface area contributed by atoms with Crippen LogP contribution in [-0.2, 0) is 0 Å². The van der Waals surface area contributed by atoms with Crippen molar-refractivity contribution in [2.24, 2.45) is 4.99 Å². The van der Waals surface area contributed by atoms with Crippen LogP contribution in [-0.4, -0.2) is 15.8 Å². The Morgan fingerprint density at radius 2 is 1.93 bits per heavy atom. The molecule has 0 aliphatic carbocycles. The molecule has 0 aromatic rings. The van der Waals surface area contributed by atoms with E-state index in [4.69, 9.17) is 12.2 Å². The molecule has 1 aliphatic heterocycles. The van der Waals surface area contributed by atoms with E-state index in [9.17, 15) is 0 Å². The number of rotatable bonds is 7. The van der Waals surface area contributed by atoms with Crippen molar-refractivity contribution in [1.29, 1.82) is 0 Å². The summed E-state index contributed by atoms with van der Waals surface area (Å²) in [6, 6.07) is 0. The molecule has 0 N–H and O–H groups in total. The minimum Gasteiger partial charge on any atom is -0.238 e. The van der Waals surface area contributed by atoms with Gasteiger partial charge in [-0.3, -0.25) is 0 Å². The van der Waals surface area contributed by atoms with Crippen LogP contribution in [0, 0.1) is 0 Å². The molecule has 1 nitrogen and oxygen atoms in total. The van der Waals surface area contributed by atoms with E-state index in [-0.39, 0.29) is 0 Å². The highest BCUT2D eigenvalue weighted by Gasteiger charge is 2.10. The SMILES string of the molecule is CCCCCCCCC1=NC(=S)SC1. The lowest BCUT2D eigenvalue weighted by atomic mass is 10.1. The number of hydrogen-bond donors (Lipinski definition) is 0. The first-order valence-electron chi connectivity index (χ1n) is 5.56. The molecule has 0 aromatic heterocycles. The molecule has 14 heavy (non-hydrogen) atoms. The fourth-order valence-electron chi connectivity index (χ4n) is 1.58. The van der Waals surface area contributed by atoms with E-state index >= 15 is 0 Å². The maximum atomic E-state index is 5.01. The maximum absolute atomic E-state index is 5.01. The molecule has 0 aromatic carbocycles. The summed E-state index contributed by atoms with van der Waals surface area (Å²) in [4.78, 5) is 4.33. The molecule has 0 atom stereocenters. The molecule has 0 saturated heterocycles. The molecule has 0 saturated carbocycles. The Hall–Kier alpha value is 0.110. The lowest BCUT2D eigenvalue weighted by molar-refractivity contribution is 0.615. The first-order chi connectivity index (χ1) is 6.83. The van der Waals surface area contributed by atoms with Gasteiger partial charge in [0.15, 0.2) is 4.32 Å². The maximum Gasteiger partial charge on any atom is 0.160 e. The zero-order chi connectivity index (χ0) is 10.2. The number of thioether (sulfide) groups is 1. The van der Waals surface area contributed by atoms with Gasteiger partial charge in [-0.05, 0) is 12.8 Å². The Balaban J connectivity index is 1.94. The molecule has 0 bridgehead atoms. The van der Waals surface area contributed by atoms with Gasteiger partial charge >= 0.3 is 0 Å². The summed E-state index contributed by atoms with van der Waals surface area (Å²) < 4.78 is 0.839. The quantitative estimate of drug-likeness (QED) is 0.479. The summed E-state index contributed by atoms with van der Waals surface area (Å²) in [5.41, 5.74) is 1.32. The van der Waals surface area contributed by atoms with Gasteiger partial charge in [0.05, 0.1) is 0 Å². The Morgan fingerprint density at radius 1 is 1.21 bits per heavy atom. The van der Waals surface area contributed by atoms with Gasteiger partial charge in [-0.15, -0.1) is 0 Å². The van der Waals surface area contributed by atoms with Crippen LogP contribution in [0.25, 0.3) is 0 Å². The number of hydrogen-bond acceptors (Lipinski definition) is 2. The van der Waals surface area contributed by atoms with Gasteiger partial charge in [0.2, 0.25) is 0 Å². The van der Waals surface area contributed by atoms with Crippen LogP contribution in [0.1, 0.15) is 51.9 Å². The lowest BCUT2D eigenvalue weighted by Crippen LogP contribution is -1.96. The molecule has 0 unspecified atom stereocenters. The number of unbranched alkanes of at least 4 members (excludes halogenated alkanes) is 5. The van der Waals surface area contributed by atoms with Crippen molar-refractivity contribution in [1.82, 2.24) is 0 Å². The average Bonchev–Trinajstić information content (AvgIpc) is 2.58. The molecule has 1 aliphatic rings. The standard InChI is InChI=1S/C11H19NS2/c1-2-3-4-5-6-7-8-10-9-14-11(13)12-10/h2-9H2,1H3. The zero-order valence-corrected chi connectivity index (χ0v) is 10.6. The van der Waals surface area contributed by atoms with Crippen LogP contribution in [0.5, 0.6) is 0 Å². The van der Waals surface area contributed by atoms with Gasteiger partial charge in [0.1, 0.15) is 0 Å². The summed E-state index contributed by atoms with van der Waals surface area (Å²) in [6.45, 7) is 2.26. The van der Waals surface area contributed by atoms with E-state index in [1.54, 1.807) is 11.8 Å². The summed E-state index contributed by atoms with van der Waals surface area (Å²) in [7, 11) is 0. The summed E-state index contributed by atoms with van der Waals surface area (Å²) in [5.74, 6) is 1.05. The van der Waals surface area contributed by atoms with E-state index < -0.39 is 0 Å². The molecule has 80 valence electrons. The minimum atomic E-state index is 0.839. The molecule has 1 rings (SSSR count). The highest BCUT2D eigenvalue weighted by molar-refractivity contribution is 8.23. The van der Waals surface area contributed by atoms with Crippen molar-refractivity contribution in [2.75, 3.05) is 5.75 Å². The van der Waals surface area contributed by atoms with E-state index in [0.29, 0.717) is 0 Å². The summed E-state index contributed by atoms with van der Waals surface area (Å²) in [6.07, 6.45) is 9.33. The van der Waals surface area contributed by atoms with E-state index in [0.717, 1.165) is 10.1 Å². The lowest BCUT2D eigenvalue weighted by Gasteiger charge is -2.00. The monoisotopic (exact) mass is 229 g/mol. The number of thiocarbonyl (C=S) groups is 1. The Morgan fingerprint density at radius 3 is 2.57 bits per heavy atom. The predicted molar refractivity (Wildman–Crippen MR) is 70.5 cm³/mol. The zero-order valence-electron chi connectivity index (χ0n) is 8.92. The molecule has 3 heteroatoms. The first kappa shape index (κ1) is 12.2. The van der Waals surface area contributed by atoms with Crippen molar-refractivity contribution in [3.05, 3.63) is 0 Å². The van der Waals surface area contributed by atoms with Gasteiger partial charge in [-0.1, -0.05) is 63.0 Å². The molecule has 0 radical (unpaired) electrons. The van der Waals surface area contributed by atoms with Gasteiger partial charge in [0.25, 0.3) is 0 Å². The Bertz CT molecular complexity index is 211. The second-order valence-corrected chi connectivity index (χ2v) is 5.36. The van der Waals surface area contributed by atoms with Crippen LogP contribution < -0.4 is 0 Å². The van der Waals surface area contributed by atoms with Gasteiger partial charge < -0.3 is 0 Å². The van der Waals surface area contributed by atoms with Crippen molar-refractivity contribution in [3.63, 3.8) is 0 Å². The second kappa shape index (κ2) is 7.41. The first-order valence-corrected chi connectivity index (χ1v) is 6.95. The second-order valence-electron chi connectivity index (χ2n) is 3.75. The van der Waals surface area contributed by atoms with Crippen LogP contribution in [0.3, 0.4) is 0 Å². The van der Waals surface area contributed by atoms with Crippen molar-refractivity contribution < 1.29 is 0 Å². The predicted octanol–water partition coefficient (Wildman–Crippen LogP) is 4.21. The van der Waals surface area contributed by atoms with Gasteiger partial charge in [-0.2, -0.15) is 0 Å². The van der Waals surface area contributed by atoms with Crippen molar-refractivity contribution in [3.8, 4) is 0 Å². The number of nitrogens with zero attached hydrogens (tertiary/aromatic N) is 1. The molecule has 0 amide bonds. The van der Waals surface area contributed by atoms with Crippen LogP contribution in [0.15, 0.2) is 4.99 Å². The van der Waals surface area contributed by atoms with Gasteiger partial charge in [-0.25, -0.2) is 4.99 Å². The molecular formula is C11H19NS2. The summed E-state index contributed by atoms with van der Waals surface area (Å²) >= 11 is 6.71. The average molecular weight is 229 g/mol.